The minimum Gasteiger partial charge on any atom is -0.451 e. The molecule has 0 aromatic heterocycles. The van der Waals surface area contributed by atoms with E-state index in [-0.39, 0.29) is 23.0 Å². The van der Waals surface area contributed by atoms with E-state index in [0.29, 0.717) is 5.56 Å². The van der Waals surface area contributed by atoms with Crippen LogP contribution in [0.3, 0.4) is 0 Å². The van der Waals surface area contributed by atoms with Gasteiger partial charge in [-0.1, -0.05) is 50.2 Å². The molecule has 0 fully saturated rings. The topological polar surface area (TPSA) is 105 Å². The Labute approximate surface area is 233 Å². The normalized spacial score (nSPS) is 12.3. The van der Waals surface area contributed by atoms with Crippen LogP contribution in [0.5, 0.6) is 23.0 Å². The van der Waals surface area contributed by atoms with Crippen molar-refractivity contribution in [3.8, 4) is 23.0 Å². The van der Waals surface area contributed by atoms with Crippen LogP contribution in [-0.2, 0) is 21.0 Å². The third kappa shape index (κ3) is 5.93. The van der Waals surface area contributed by atoms with E-state index in [1.807, 2.05) is 54.6 Å². The van der Waals surface area contributed by atoms with E-state index >= 15 is 0 Å². The highest BCUT2D eigenvalue weighted by molar-refractivity contribution is 7.82. The molecule has 0 saturated heterocycles. The van der Waals surface area contributed by atoms with E-state index in [4.69, 9.17) is 9.47 Å². The Balaban J connectivity index is 1.39. The summed E-state index contributed by atoms with van der Waals surface area (Å²) in [6.07, 6.45) is -1.06. The number of rotatable bonds is 9. The molecule has 0 aliphatic heterocycles. The monoisotopic (exact) mass is 596 g/mol. The third-order valence-corrected chi connectivity index (χ3v) is 7.07. The van der Waals surface area contributed by atoms with Crippen molar-refractivity contribution in [3.63, 3.8) is 0 Å². The zero-order valence-electron chi connectivity index (χ0n) is 20.7. The molecular weight excluding hydrogens is 578 g/mol. The molecule has 0 spiro atoms. The summed E-state index contributed by atoms with van der Waals surface area (Å²) in [4.78, 5) is 0. The molecular formula is C29H18F2O8S2. The lowest BCUT2D eigenvalue weighted by Crippen LogP contribution is -2.15. The Morgan fingerprint density at radius 2 is 0.854 bits per heavy atom. The molecule has 0 aliphatic rings. The van der Waals surface area contributed by atoms with Gasteiger partial charge < -0.3 is 17.8 Å². The number of hydrogen-bond acceptors (Lipinski definition) is 8. The second kappa shape index (κ2) is 10.1. The van der Waals surface area contributed by atoms with Crippen molar-refractivity contribution < 1.29 is 42.4 Å². The van der Waals surface area contributed by atoms with E-state index in [9.17, 15) is 24.6 Å². The molecule has 0 N–H and O–H groups in total. The fraction of sp³-hybridized carbons (Fsp3) is 0.0345. The summed E-state index contributed by atoms with van der Waals surface area (Å²) in [6, 6.07) is 28.4. The lowest BCUT2D eigenvalue weighted by molar-refractivity contribution is 0.00393. The average Bonchev–Trinajstić information content (AvgIpc) is 2.91. The number of hydrogen-bond donors (Lipinski definition) is 0. The predicted molar refractivity (Wildman–Crippen MR) is 148 cm³/mol. The third-order valence-electron chi connectivity index (χ3n) is 6.28. The van der Waals surface area contributed by atoms with Gasteiger partial charge >= 0.3 is 21.0 Å². The van der Waals surface area contributed by atoms with Gasteiger partial charge in [-0.05, 0) is 93.0 Å². The van der Waals surface area contributed by atoms with Crippen molar-refractivity contribution in [2.24, 2.45) is 0 Å². The van der Waals surface area contributed by atoms with Crippen molar-refractivity contribution in [1.82, 2.24) is 0 Å². The zero-order chi connectivity index (χ0) is 28.8. The first-order valence-electron chi connectivity index (χ1n) is 12.0. The van der Waals surface area contributed by atoms with Crippen LogP contribution in [0.25, 0.3) is 32.3 Å². The first-order chi connectivity index (χ1) is 19.5. The summed E-state index contributed by atoms with van der Waals surface area (Å²) in [6.45, 7) is 0. The van der Waals surface area contributed by atoms with Crippen LogP contribution in [0.15, 0.2) is 103 Å². The van der Waals surface area contributed by atoms with E-state index in [1.54, 1.807) is 0 Å². The summed E-state index contributed by atoms with van der Waals surface area (Å²) in [5.41, 5.74) is 0.620. The second-order valence-corrected chi connectivity index (χ2v) is 10.9. The van der Waals surface area contributed by atoms with Crippen LogP contribution < -0.4 is 17.8 Å². The summed E-state index contributed by atoms with van der Waals surface area (Å²) >= 11 is 0. The molecule has 41 heavy (non-hydrogen) atoms. The smallest absolute Gasteiger partial charge is 0.451 e. The Hall–Kier alpha value is -4.68. The molecule has 6 rings (SSSR count). The molecule has 0 heterocycles. The van der Waals surface area contributed by atoms with Gasteiger partial charge in [-0.15, -0.1) is 0 Å². The summed E-state index contributed by atoms with van der Waals surface area (Å²) in [5.74, 6) is -0.0170. The first-order valence-corrected chi connectivity index (χ1v) is 14.6. The quantitative estimate of drug-likeness (QED) is 0.101. The maximum absolute atomic E-state index is 12.9. The minimum atomic E-state index is -5.19. The Morgan fingerprint density at radius 3 is 1.27 bits per heavy atom. The average molecular weight is 597 g/mol. The molecule has 6 aromatic rings. The summed E-state index contributed by atoms with van der Waals surface area (Å²) < 4.78 is 89.7. The number of benzene rings is 6. The lowest BCUT2D eigenvalue weighted by Gasteiger charge is -2.22. The number of ether oxygens (including phenoxy) is 2. The minimum absolute atomic E-state index is 0.243. The van der Waals surface area contributed by atoms with E-state index in [2.05, 4.69) is 8.37 Å². The Kier molecular flexibility index (Phi) is 6.51. The number of halogens is 2. The van der Waals surface area contributed by atoms with Gasteiger partial charge in [0.25, 0.3) is 6.29 Å². The van der Waals surface area contributed by atoms with Gasteiger partial charge in [-0.25, -0.2) is 0 Å². The van der Waals surface area contributed by atoms with Gasteiger partial charge in [0.2, 0.25) is 0 Å². The molecule has 12 heteroatoms. The molecule has 208 valence electrons. The highest BCUT2D eigenvalue weighted by Gasteiger charge is 2.20. The van der Waals surface area contributed by atoms with Crippen LogP contribution in [0.4, 0.5) is 7.77 Å². The van der Waals surface area contributed by atoms with Crippen LogP contribution in [-0.4, -0.2) is 16.8 Å². The van der Waals surface area contributed by atoms with Crippen molar-refractivity contribution in [2.75, 3.05) is 0 Å². The maximum Gasteiger partial charge on any atom is 0.488 e. The predicted octanol–water partition coefficient (Wildman–Crippen LogP) is 6.93. The van der Waals surface area contributed by atoms with Crippen LogP contribution in [0, 0.1) is 0 Å². The largest absolute Gasteiger partial charge is 0.488 e. The standard InChI is InChI=1S/C29H18F2O8S2/c30-40(32,33)38-25-12-8-23(9-13-25)36-29(37-24-10-14-26(15-11-24)39-41(31,34)35)22-16-20-6-4-18-2-1-3-19-5-7-21(17-22)28(20)27(18)19/h1-17,29H. The molecule has 0 atom stereocenters. The van der Waals surface area contributed by atoms with Crippen molar-refractivity contribution in [3.05, 3.63) is 109 Å². The fourth-order valence-corrected chi connectivity index (χ4v) is 5.38. The molecule has 0 bridgehead atoms. The molecule has 0 amide bonds. The van der Waals surface area contributed by atoms with Crippen LogP contribution >= 0.6 is 0 Å². The van der Waals surface area contributed by atoms with Gasteiger partial charge in [0.1, 0.15) is 23.0 Å². The Morgan fingerprint density at radius 1 is 0.488 bits per heavy atom. The van der Waals surface area contributed by atoms with Gasteiger partial charge in [-0.2, -0.15) is 16.8 Å². The summed E-state index contributed by atoms with van der Waals surface area (Å²) in [5, 5.41) is 6.29. The molecule has 0 saturated carbocycles. The fourth-order valence-electron chi connectivity index (χ4n) is 4.70. The van der Waals surface area contributed by atoms with Gasteiger partial charge in [0, 0.05) is 5.56 Å². The first kappa shape index (κ1) is 26.5. The highest BCUT2D eigenvalue weighted by Crippen LogP contribution is 2.37. The summed E-state index contributed by atoms with van der Waals surface area (Å²) in [7, 11) is -10.4. The molecule has 8 nitrogen and oxygen atoms in total. The van der Waals surface area contributed by atoms with Crippen LogP contribution in [0.2, 0.25) is 0 Å². The second-order valence-electron chi connectivity index (χ2n) is 9.02. The van der Waals surface area contributed by atoms with Crippen LogP contribution in [0.1, 0.15) is 11.9 Å². The molecule has 6 aromatic carbocycles. The zero-order valence-corrected chi connectivity index (χ0v) is 22.4. The SMILES string of the molecule is O=S(=O)(F)Oc1ccc(OC(Oc2ccc(OS(=O)(=O)F)cc2)c2cc3ccc4cccc5ccc(c2)c3c45)cc1. The van der Waals surface area contributed by atoms with Gasteiger partial charge in [-0.3, -0.25) is 0 Å². The molecule has 0 aliphatic carbocycles. The van der Waals surface area contributed by atoms with E-state index in [1.165, 1.54) is 48.5 Å². The van der Waals surface area contributed by atoms with Gasteiger partial charge in [0.15, 0.2) is 0 Å². The van der Waals surface area contributed by atoms with Crippen molar-refractivity contribution >= 4 is 53.3 Å². The van der Waals surface area contributed by atoms with E-state index < -0.39 is 27.3 Å². The molecule has 0 unspecified atom stereocenters. The Bertz CT molecular complexity index is 1960. The van der Waals surface area contributed by atoms with E-state index in [0.717, 1.165) is 32.3 Å². The lowest BCUT2D eigenvalue weighted by atomic mass is 9.93. The molecule has 0 radical (unpaired) electrons. The highest BCUT2D eigenvalue weighted by atomic mass is 32.3. The van der Waals surface area contributed by atoms with Crippen molar-refractivity contribution in [1.29, 1.82) is 0 Å². The van der Waals surface area contributed by atoms with Gasteiger partial charge in [0.05, 0.1) is 0 Å². The maximum atomic E-state index is 12.9. The van der Waals surface area contributed by atoms with Crippen molar-refractivity contribution in [2.45, 2.75) is 6.29 Å².